The Labute approximate surface area is 93.9 Å². The minimum Gasteiger partial charge on any atom is -0.314 e. The third kappa shape index (κ3) is 2.08. The molecular formula is C10H12N2S2. The van der Waals surface area contributed by atoms with E-state index in [0.717, 1.165) is 16.9 Å². The first-order chi connectivity index (χ1) is 6.77. The maximum Gasteiger partial charge on any atom is 0.143 e. The van der Waals surface area contributed by atoms with Gasteiger partial charge in [-0.1, -0.05) is 42.2 Å². The molecule has 1 fully saturated rings. The number of para-hydroxylation sites is 1. The summed E-state index contributed by atoms with van der Waals surface area (Å²) in [5.41, 5.74) is 1.18. The number of anilines is 1. The third-order valence-corrected chi connectivity index (χ3v) is 3.69. The van der Waals surface area contributed by atoms with Gasteiger partial charge in [-0.25, -0.2) is 0 Å². The van der Waals surface area contributed by atoms with Crippen LogP contribution in [0.5, 0.6) is 0 Å². The van der Waals surface area contributed by atoms with Crippen molar-refractivity contribution in [2.75, 3.05) is 24.5 Å². The highest BCUT2D eigenvalue weighted by Crippen LogP contribution is 2.23. The van der Waals surface area contributed by atoms with Gasteiger partial charge in [0.2, 0.25) is 0 Å². The van der Waals surface area contributed by atoms with Crippen LogP contribution in [0.25, 0.3) is 0 Å². The van der Waals surface area contributed by atoms with Crippen molar-refractivity contribution in [2.24, 2.45) is 0 Å². The SMILES string of the molecule is CN1CSC(=S)N(c2ccccc2)C1. The molecule has 1 heterocycles. The zero-order valence-electron chi connectivity index (χ0n) is 8.01. The highest BCUT2D eigenvalue weighted by atomic mass is 32.2. The van der Waals surface area contributed by atoms with E-state index in [4.69, 9.17) is 12.2 Å². The predicted octanol–water partition coefficient (Wildman–Crippen LogP) is 2.37. The molecule has 0 radical (unpaired) electrons. The lowest BCUT2D eigenvalue weighted by molar-refractivity contribution is 0.403. The van der Waals surface area contributed by atoms with Gasteiger partial charge < -0.3 is 4.90 Å². The lowest BCUT2D eigenvalue weighted by atomic mass is 10.3. The third-order valence-electron chi connectivity index (χ3n) is 2.08. The molecule has 0 N–H and O–H groups in total. The maximum atomic E-state index is 5.32. The summed E-state index contributed by atoms with van der Waals surface area (Å²) in [7, 11) is 2.10. The molecule has 1 aromatic carbocycles. The zero-order valence-corrected chi connectivity index (χ0v) is 9.64. The van der Waals surface area contributed by atoms with Crippen LogP contribution in [0.2, 0.25) is 0 Å². The molecule has 4 heteroatoms. The lowest BCUT2D eigenvalue weighted by Crippen LogP contribution is -2.42. The summed E-state index contributed by atoms with van der Waals surface area (Å²) in [6, 6.07) is 10.3. The molecule has 0 aliphatic carbocycles. The van der Waals surface area contributed by atoms with E-state index in [0.29, 0.717) is 0 Å². The highest BCUT2D eigenvalue weighted by molar-refractivity contribution is 8.23. The number of thiocarbonyl (C=S) groups is 1. The van der Waals surface area contributed by atoms with Crippen molar-refractivity contribution in [3.05, 3.63) is 30.3 Å². The molecule has 2 nitrogen and oxygen atoms in total. The Morgan fingerprint density at radius 1 is 1.29 bits per heavy atom. The lowest BCUT2D eigenvalue weighted by Gasteiger charge is -2.34. The van der Waals surface area contributed by atoms with Crippen LogP contribution in [0.15, 0.2) is 30.3 Å². The number of hydrogen-bond donors (Lipinski definition) is 0. The summed E-state index contributed by atoms with van der Waals surface area (Å²) in [5, 5.41) is 0. The molecule has 0 atom stereocenters. The van der Waals surface area contributed by atoms with Crippen molar-refractivity contribution in [3.63, 3.8) is 0 Å². The minimum absolute atomic E-state index is 0.885. The first-order valence-corrected chi connectivity index (χ1v) is 5.84. The Balaban J connectivity index is 2.20. The van der Waals surface area contributed by atoms with E-state index in [1.807, 2.05) is 18.2 Å². The number of nitrogens with zero attached hydrogens (tertiary/aromatic N) is 2. The summed E-state index contributed by atoms with van der Waals surface area (Å²) in [6.07, 6.45) is 0. The molecule has 1 aliphatic heterocycles. The molecule has 14 heavy (non-hydrogen) atoms. The zero-order chi connectivity index (χ0) is 9.97. The molecule has 1 saturated heterocycles. The summed E-state index contributed by atoms with van der Waals surface area (Å²) in [4.78, 5) is 4.40. The van der Waals surface area contributed by atoms with Crippen LogP contribution < -0.4 is 4.90 Å². The van der Waals surface area contributed by atoms with E-state index in [1.54, 1.807) is 11.8 Å². The van der Waals surface area contributed by atoms with Crippen molar-refractivity contribution < 1.29 is 0 Å². The molecule has 74 valence electrons. The Kier molecular flexibility index (Phi) is 3.05. The van der Waals surface area contributed by atoms with Crippen LogP contribution in [0.4, 0.5) is 5.69 Å². The molecule has 0 bridgehead atoms. The van der Waals surface area contributed by atoms with Gasteiger partial charge in [0.05, 0.1) is 12.5 Å². The highest BCUT2D eigenvalue weighted by Gasteiger charge is 2.19. The second kappa shape index (κ2) is 4.29. The molecule has 0 aromatic heterocycles. The van der Waals surface area contributed by atoms with E-state index in [2.05, 4.69) is 29.0 Å². The first kappa shape index (κ1) is 9.96. The quantitative estimate of drug-likeness (QED) is 0.675. The van der Waals surface area contributed by atoms with Crippen LogP contribution in [0, 0.1) is 0 Å². The second-order valence-corrected chi connectivity index (χ2v) is 4.88. The molecule has 2 rings (SSSR count). The predicted molar refractivity (Wildman–Crippen MR) is 66.6 cm³/mol. The van der Waals surface area contributed by atoms with Crippen LogP contribution in [0.1, 0.15) is 0 Å². The summed E-state index contributed by atoms with van der Waals surface area (Å²) in [5.74, 6) is 0.988. The Morgan fingerprint density at radius 2 is 2.00 bits per heavy atom. The van der Waals surface area contributed by atoms with Gasteiger partial charge in [-0.2, -0.15) is 0 Å². The first-order valence-electron chi connectivity index (χ1n) is 4.45. The maximum absolute atomic E-state index is 5.32. The standard InChI is InChI=1S/C10H12N2S2/c1-11-7-12(10(13)14-8-11)9-5-3-2-4-6-9/h2-6H,7-8H2,1H3. The summed E-state index contributed by atoms with van der Waals surface area (Å²) in [6.45, 7) is 0.885. The van der Waals surface area contributed by atoms with Crippen molar-refractivity contribution >= 4 is 34.0 Å². The fourth-order valence-corrected chi connectivity index (χ4v) is 2.43. The fourth-order valence-electron chi connectivity index (χ4n) is 1.38. The van der Waals surface area contributed by atoms with Gasteiger partial charge in [0.1, 0.15) is 4.32 Å². The summed E-state index contributed by atoms with van der Waals surface area (Å²) < 4.78 is 0.967. The average Bonchev–Trinajstić information content (AvgIpc) is 2.23. The van der Waals surface area contributed by atoms with Gasteiger partial charge in [0.15, 0.2) is 0 Å². The number of hydrogen-bond acceptors (Lipinski definition) is 3. The molecule has 0 saturated carbocycles. The van der Waals surface area contributed by atoms with Crippen molar-refractivity contribution in [3.8, 4) is 0 Å². The molecular weight excluding hydrogens is 212 g/mol. The Bertz CT molecular complexity index is 326. The van der Waals surface area contributed by atoms with E-state index in [1.165, 1.54) is 5.69 Å². The van der Waals surface area contributed by atoms with E-state index < -0.39 is 0 Å². The normalized spacial score (nSPS) is 18.6. The van der Waals surface area contributed by atoms with Crippen molar-refractivity contribution in [1.29, 1.82) is 0 Å². The molecule has 0 spiro atoms. The molecule has 0 unspecified atom stereocenters. The van der Waals surface area contributed by atoms with Crippen LogP contribution >= 0.6 is 24.0 Å². The van der Waals surface area contributed by atoms with Gasteiger partial charge in [0, 0.05) is 5.69 Å². The van der Waals surface area contributed by atoms with Gasteiger partial charge in [-0.15, -0.1) is 0 Å². The number of benzene rings is 1. The van der Waals surface area contributed by atoms with Crippen LogP contribution in [0.3, 0.4) is 0 Å². The smallest absolute Gasteiger partial charge is 0.143 e. The molecule has 1 aliphatic rings. The topological polar surface area (TPSA) is 6.48 Å². The Morgan fingerprint density at radius 3 is 2.71 bits per heavy atom. The summed E-state index contributed by atoms with van der Waals surface area (Å²) >= 11 is 7.04. The van der Waals surface area contributed by atoms with Crippen LogP contribution in [-0.4, -0.2) is 28.8 Å². The largest absolute Gasteiger partial charge is 0.314 e. The van der Waals surface area contributed by atoms with Gasteiger partial charge >= 0.3 is 0 Å². The van der Waals surface area contributed by atoms with Crippen molar-refractivity contribution in [1.82, 2.24) is 4.90 Å². The Hall–Kier alpha value is -0.580. The minimum atomic E-state index is 0.885. The number of rotatable bonds is 1. The average molecular weight is 224 g/mol. The number of thioether (sulfide) groups is 1. The molecule has 1 aromatic rings. The fraction of sp³-hybridized carbons (Fsp3) is 0.300. The van der Waals surface area contributed by atoms with E-state index in [-0.39, 0.29) is 0 Å². The van der Waals surface area contributed by atoms with Gasteiger partial charge in [-0.3, -0.25) is 4.90 Å². The van der Waals surface area contributed by atoms with Gasteiger partial charge in [-0.05, 0) is 19.2 Å². The second-order valence-electron chi connectivity index (χ2n) is 3.30. The van der Waals surface area contributed by atoms with Crippen LogP contribution in [-0.2, 0) is 0 Å². The van der Waals surface area contributed by atoms with Crippen molar-refractivity contribution in [2.45, 2.75) is 0 Å². The van der Waals surface area contributed by atoms with E-state index in [9.17, 15) is 0 Å². The van der Waals surface area contributed by atoms with Gasteiger partial charge in [0.25, 0.3) is 0 Å². The molecule has 0 amide bonds. The monoisotopic (exact) mass is 224 g/mol. The van der Waals surface area contributed by atoms with E-state index >= 15 is 0 Å².